The number of hydrogen-bond donors (Lipinski definition) is 1. The van der Waals surface area contributed by atoms with Gasteiger partial charge in [0.25, 0.3) is 10.1 Å². The number of carbonyl (C=O) groups excluding carboxylic acids is 2. The summed E-state index contributed by atoms with van der Waals surface area (Å²) < 4.78 is 86.0. The van der Waals surface area contributed by atoms with Gasteiger partial charge in [0.1, 0.15) is 0 Å². The van der Waals surface area contributed by atoms with Crippen molar-refractivity contribution in [1.82, 2.24) is 0 Å². The Hall–Kier alpha value is -1.40. The average Bonchev–Trinajstić information content (AvgIpc) is 2.55. The van der Waals surface area contributed by atoms with Crippen LogP contribution < -0.4 is 0 Å². The van der Waals surface area contributed by atoms with Gasteiger partial charge >= 0.3 is 23.9 Å². The zero-order valence-corrected chi connectivity index (χ0v) is 18.6. The Bertz CT molecular complexity index is 725. The van der Waals surface area contributed by atoms with Crippen molar-refractivity contribution in [2.45, 2.75) is 71.6 Å². The second kappa shape index (κ2) is 8.38. The Labute approximate surface area is 168 Å². The molecule has 0 aromatic rings. The first-order chi connectivity index (χ1) is 12.6. The van der Waals surface area contributed by atoms with Crippen molar-refractivity contribution in [3.8, 4) is 0 Å². The van der Waals surface area contributed by atoms with Crippen LogP contribution in [0.15, 0.2) is 0 Å². The molecule has 1 unspecified atom stereocenters. The molecule has 12 heteroatoms. The molecule has 0 bridgehead atoms. The van der Waals surface area contributed by atoms with E-state index < -0.39 is 56.2 Å². The van der Waals surface area contributed by atoms with Crippen LogP contribution in [0.25, 0.3) is 0 Å². The third-order valence-electron chi connectivity index (χ3n) is 5.41. The summed E-state index contributed by atoms with van der Waals surface area (Å²) in [5.41, 5.74) is -3.03. The molecule has 0 aliphatic heterocycles. The third kappa shape index (κ3) is 5.40. The highest BCUT2D eigenvalue weighted by molar-refractivity contribution is 7.87. The molecule has 0 amide bonds. The summed E-state index contributed by atoms with van der Waals surface area (Å²) in [4.78, 5) is 24.4. The standard InChI is InChI=1S/C17H29F3O8S/c1-9-13(2,3)11(21)28-16(12(22)26-8,17(18,19)20)27-10-14(4,5)15(6,7)29(23,24)25/h9-10H2,1-8H3,(H,23,24,25). The van der Waals surface area contributed by atoms with Crippen molar-refractivity contribution < 1.29 is 49.9 Å². The topological polar surface area (TPSA) is 116 Å². The number of alkyl halides is 3. The molecule has 0 heterocycles. The predicted molar refractivity (Wildman–Crippen MR) is 96.3 cm³/mol. The molecule has 1 atom stereocenters. The molecule has 29 heavy (non-hydrogen) atoms. The first kappa shape index (κ1) is 27.6. The van der Waals surface area contributed by atoms with Crippen molar-refractivity contribution in [2.24, 2.45) is 10.8 Å². The van der Waals surface area contributed by atoms with Gasteiger partial charge in [0.05, 0.1) is 23.9 Å². The van der Waals surface area contributed by atoms with Gasteiger partial charge in [-0.15, -0.1) is 0 Å². The van der Waals surface area contributed by atoms with Gasteiger partial charge in [-0.25, -0.2) is 4.79 Å². The van der Waals surface area contributed by atoms with Crippen LogP contribution in [0.3, 0.4) is 0 Å². The highest BCUT2D eigenvalue weighted by Crippen LogP contribution is 2.43. The minimum atomic E-state index is -5.54. The van der Waals surface area contributed by atoms with Gasteiger partial charge in [-0.05, 0) is 34.1 Å². The van der Waals surface area contributed by atoms with Crippen molar-refractivity contribution in [2.75, 3.05) is 13.7 Å². The molecular formula is C17H29F3O8S. The van der Waals surface area contributed by atoms with E-state index in [2.05, 4.69) is 9.47 Å². The second-order valence-corrected chi connectivity index (χ2v) is 10.4. The summed E-state index contributed by atoms with van der Waals surface area (Å²) >= 11 is 0. The molecule has 0 fully saturated rings. The van der Waals surface area contributed by atoms with Gasteiger partial charge in [-0.1, -0.05) is 20.8 Å². The lowest BCUT2D eigenvalue weighted by atomic mass is 9.81. The predicted octanol–water partition coefficient (Wildman–Crippen LogP) is 3.11. The van der Waals surface area contributed by atoms with Crippen LogP contribution in [-0.2, 0) is 33.9 Å². The molecule has 0 aromatic carbocycles. The van der Waals surface area contributed by atoms with E-state index in [9.17, 15) is 35.7 Å². The fraction of sp³-hybridized carbons (Fsp3) is 0.882. The van der Waals surface area contributed by atoms with Crippen LogP contribution in [0, 0.1) is 10.8 Å². The first-order valence-electron chi connectivity index (χ1n) is 8.62. The van der Waals surface area contributed by atoms with E-state index in [1.165, 1.54) is 34.6 Å². The van der Waals surface area contributed by atoms with E-state index in [4.69, 9.17) is 4.74 Å². The van der Waals surface area contributed by atoms with Gasteiger partial charge < -0.3 is 14.2 Å². The highest BCUT2D eigenvalue weighted by atomic mass is 32.2. The first-order valence-corrected chi connectivity index (χ1v) is 10.1. The Morgan fingerprint density at radius 3 is 1.72 bits per heavy atom. The number of rotatable bonds is 9. The number of hydrogen-bond acceptors (Lipinski definition) is 7. The third-order valence-corrected chi connectivity index (χ3v) is 7.25. The molecule has 172 valence electrons. The van der Waals surface area contributed by atoms with Crippen molar-refractivity contribution in [1.29, 1.82) is 0 Å². The van der Waals surface area contributed by atoms with Crippen LogP contribution in [0.2, 0.25) is 0 Å². The molecule has 0 aliphatic carbocycles. The molecule has 0 radical (unpaired) electrons. The van der Waals surface area contributed by atoms with Crippen molar-refractivity contribution in [3.05, 3.63) is 0 Å². The molecular weight excluding hydrogens is 421 g/mol. The molecule has 0 rings (SSSR count). The van der Waals surface area contributed by atoms with E-state index in [1.54, 1.807) is 0 Å². The highest BCUT2D eigenvalue weighted by Gasteiger charge is 2.69. The number of ether oxygens (including phenoxy) is 3. The van der Waals surface area contributed by atoms with Crippen LogP contribution in [0.1, 0.15) is 54.9 Å². The summed E-state index contributed by atoms with van der Waals surface area (Å²) in [5, 5.41) is 0. The largest absolute Gasteiger partial charge is 0.468 e. The molecule has 1 N–H and O–H groups in total. The number of halogens is 3. The fourth-order valence-electron chi connectivity index (χ4n) is 1.74. The summed E-state index contributed by atoms with van der Waals surface area (Å²) in [6, 6.07) is 0. The summed E-state index contributed by atoms with van der Waals surface area (Å²) in [6.07, 6.45) is -5.44. The maximum atomic E-state index is 13.9. The zero-order chi connectivity index (χ0) is 23.7. The molecule has 0 aromatic heterocycles. The Morgan fingerprint density at radius 1 is 0.966 bits per heavy atom. The van der Waals surface area contributed by atoms with E-state index >= 15 is 0 Å². The molecule has 0 saturated carbocycles. The van der Waals surface area contributed by atoms with Crippen molar-refractivity contribution in [3.63, 3.8) is 0 Å². The van der Waals surface area contributed by atoms with E-state index in [0.717, 1.165) is 13.8 Å². The number of methoxy groups -OCH3 is 1. The van der Waals surface area contributed by atoms with Crippen LogP contribution in [0.5, 0.6) is 0 Å². The quantitative estimate of drug-likeness (QED) is 0.324. The van der Waals surface area contributed by atoms with E-state index in [1.807, 2.05) is 0 Å². The summed E-state index contributed by atoms with van der Waals surface area (Å²) in [5.74, 6) is -7.52. The van der Waals surface area contributed by atoms with Gasteiger partial charge in [0.2, 0.25) is 0 Å². The SMILES string of the molecule is CCC(C)(C)C(=O)OC(OCC(C)(C)C(C)(C)S(=O)(=O)O)(C(=O)OC)C(F)(F)F. The van der Waals surface area contributed by atoms with E-state index in [-0.39, 0.29) is 6.42 Å². The maximum Gasteiger partial charge on any atom is 0.468 e. The second-order valence-electron chi connectivity index (χ2n) is 8.39. The van der Waals surface area contributed by atoms with Crippen LogP contribution in [-0.4, -0.2) is 55.3 Å². The normalized spacial score (nSPS) is 16.1. The summed E-state index contributed by atoms with van der Waals surface area (Å²) in [7, 11) is -4.07. The Morgan fingerprint density at radius 2 is 1.41 bits per heavy atom. The smallest absolute Gasteiger partial charge is 0.464 e. The molecule has 0 aliphatic rings. The van der Waals surface area contributed by atoms with Gasteiger partial charge in [-0.2, -0.15) is 21.6 Å². The van der Waals surface area contributed by atoms with Crippen molar-refractivity contribution >= 4 is 22.1 Å². The number of carbonyl (C=O) groups is 2. The maximum absolute atomic E-state index is 13.9. The summed E-state index contributed by atoms with van der Waals surface area (Å²) in [6.45, 7) is 7.70. The minimum absolute atomic E-state index is 0.0994. The van der Waals surface area contributed by atoms with Gasteiger partial charge in [-0.3, -0.25) is 9.35 Å². The lowest BCUT2D eigenvalue weighted by molar-refractivity contribution is -0.361. The zero-order valence-electron chi connectivity index (χ0n) is 17.8. The van der Waals surface area contributed by atoms with E-state index in [0.29, 0.717) is 7.11 Å². The van der Waals surface area contributed by atoms with Gasteiger partial charge in [0, 0.05) is 5.41 Å². The fourth-order valence-corrected chi connectivity index (χ4v) is 2.50. The Balaban J connectivity index is 6.29. The molecule has 0 spiro atoms. The van der Waals surface area contributed by atoms with Gasteiger partial charge in [0.15, 0.2) is 0 Å². The molecule has 0 saturated heterocycles. The van der Waals surface area contributed by atoms with Crippen LogP contribution in [0.4, 0.5) is 13.2 Å². The number of esters is 2. The lowest BCUT2D eigenvalue weighted by Crippen LogP contribution is -2.61. The molecule has 8 nitrogen and oxygen atoms in total. The lowest BCUT2D eigenvalue weighted by Gasteiger charge is -2.41. The van der Waals surface area contributed by atoms with Crippen LogP contribution >= 0.6 is 0 Å². The minimum Gasteiger partial charge on any atom is -0.464 e. The monoisotopic (exact) mass is 450 g/mol. The Kier molecular flexibility index (Phi) is 7.98. The average molecular weight is 450 g/mol.